The molecule has 0 amide bonds. The van der Waals surface area contributed by atoms with Gasteiger partial charge in [-0.3, -0.25) is 14.8 Å². The van der Waals surface area contributed by atoms with E-state index in [1.165, 1.54) is 0 Å². The van der Waals surface area contributed by atoms with E-state index >= 15 is 0 Å². The average Bonchev–Trinajstić information content (AvgIpc) is 2.56. The highest BCUT2D eigenvalue weighted by molar-refractivity contribution is 5.78. The maximum Gasteiger partial charge on any atom is 0.150 e. The molecule has 4 heteroatoms. The lowest BCUT2D eigenvalue weighted by atomic mass is 10.1. The Morgan fingerprint density at radius 3 is 2.57 bits per heavy atom. The Morgan fingerprint density at radius 1 is 0.857 bits per heavy atom. The van der Waals surface area contributed by atoms with Gasteiger partial charge in [0, 0.05) is 23.5 Å². The van der Waals surface area contributed by atoms with Crippen LogP contribution in [0.25, 0.3) is 11.1 Å². The summed E-state index contributed by atoms with van der Waals surface area (Å²) in [5, 5.41) is 0. The van der Waals surface area contributed by atoms with Gasteiger partial charge in [0.1, 0.15) is 17.8 Å². The van der Waals surface area contributed by atoms with E-state index in [4.69, 9.17) is 4.74 Å². The number of ether oxygens (including phenoxy) is 1. The van der Waals surface area contributed by atoms with Crippen molar-refractivity contribution in [1.82, 2.24) is 9.97 Å². The normalized spacial score (nSPS) is 10.1. The molecule has 0 aliphatic rings. The molecule has 1 aromatic carbocycles. The maximum absolute atomic E-state index is 10.9. The van der Waals surface area contributed by atoms with E-state index in [-0.39, 0.29) is 0 Å². The second-order valence-corrected chi connectivity index (χ2v) is 4.44. The van der Waals surface area contributed by atoms with Crippen LogP contribution in [-0.2, 0) is 0 Å². The fourth-order valence-electron chi connectivity index (χ4n) is 1.97. The molecule has 4 nitrogen and oxygen atoms in total. The van der Waals surface area contributed by atoms with Gasteiger partial charge in [-0.05, 0) is 29.8 Å². The molecule has 0 N–H and O–H groups in total. The van der Waals surface area contributed by atoms with E-state index < -0.39 is 0 Å². The molecule has 0 radical (unpaired) electrons. The number of rotatable bonds is 4. The van der Waals surface area contributed by atoms with Gasteiger partial charge in [-0.15, -0.1) is 0 Å². The molecule has 0 aliphatic carbocycles. The molecule has 0 saturated carbocycles. The van der Waals surface area contributed by atoms with Crippen molar-refractivity contribution >= 4 is 6.29 Å². The van der Waals surface area contributed by atoms with Crippen LogP contribution in [0, 0.1) is 0 Å². The Bertz CT molecular complexity index is 758. The Morgan fingerprint density at radius 2 is 1.76 bits per heavy atom. The summed E-state index contributed by atoms with van der Waals surface area (Å²) in [6.45, 7) is 0. The van der Waals surface area contributed by atoms with Crippen molar-refractivity contribution in [2.24, 2.45) is 0 Å². The average molecular weight is 276 g/mol. The number of carbonyl (C=O) groups excluding carboxylic acids is 1. The van der Waals surface area contributed by atoms with E-state index in [2.05, 4.69) is 9.97 Å². The fourth-order valence-corrected chi connectivity index (χ4v) is 1.97. The monoisotopic (exact) mass is 276 g/mol. The van der Waals surface area contributed by atoms with E-state index in [1.54, 1.807) is 36.9 Å². The predicted octanol–water partition coefficient (Wildman–Crippen LogP) is 3.75. The van der Waals surface area contributed by atoms with Crippen molar-refractivity contribution in [2.45, 2.75) is 0 Å². The number of carbonyl (C=O) groups is 1. The largest absolute Gasteiger partial charge is 0.454 e. The first-order valence-electron chi connectivity index (χ1n) is 6.44. The maximum atomic E-state index is 10.9. The summed E-state index contributed by atoms with van der Waals surface area (Å²) < 4.78 is 5.70. The van der Waals surface area contributed by atoms with Crippen LogP contribution in [0.2, 0.25) is 0 Å². The van der Waals surface area contributed by atoms with Crippen molar-refractivity contribution in [3.63, 3.8) is 0 Å². The van der Waals surface area contributed by atoms with Crippen LogP contribution in [-0.4, -0.2) is 16.3 Å². The molecule has 0 atom stereocenters. The van der Waals surface area contributed by atoms with Crippen molar-refractivity contribution in [1.29, 1.82) is 0 Å². The number of hydrogen-bond acceptors (Lipinski definition) is 4. The van der Waals surface area contributed by atoms with Gasteiger partial charge in [0.05, 0.1) is 12.4 Å². The highest BCUT2D eigenvalue weighted by Gasteiger charge is 2.03. The second-order valence-electron chi connectivity index (χ2n) is 4.44. The van der Waals surface area contributed by atoms with E-state index in [0.717, 1.165) is 17.4 Å². The molecule has 0 unspecified atom stereocenters. The Labute approximate surface area is 122 Å². The highest BCUT2D eigenvalue weighted by Crippen LogP contribution is 2.26. The van der Waals surface area contributed by atoms with Gasteiger partial charge in [-0.25, -0.2) is 0 Å². The van der Waals surface area contributed by atoms with Crippen LogP contribution in [0.15, 0.2) is 67.3 Å². The summed E-state index contributed by atoms with van der Waals surface area (Å²) in [5.74, 6) is 1.27. The molecule has 3 rings (SSSR count). The first-order valence-corrected chi connectivity index (χ1v) is 6.44. The number of pyridine rings is 2. The lowest BCUT2D eigenvalue weighted by Crippen LogP contribution is -1.88. The second kappa shape index (κ2) is 5.96. The van der Waals surface area contributed by atoms with Crippen LogP contribution < -0.4 is 4.74 Å². The van der Waals surface area contributed by atoms with Gasteiger partial charge in [-0.1, -0.05) is 18.2 Å². The third kappa shape index (κ3) is 3.12. The Balaban J connectivity index is 1.91. The molecule has 102 valence electrons. The summed E-state index contributed by atoms with van der Waals surface area (Å²) in [6.07, 6.45) is 7.53. The summed E-state index contributed by atoms with van der Waals surface area (Å²) >= 11 is 0. The molecule has 2 heterocycles. The molecule has 0 fully saturated rings. The zero-order chi connectivity index (χ0) is 14.5. The first-order chi connectivity index (χ1) is 10.3. The molecular weight excluding hydrogens is 264 g/mol. The van der Waals surface area contributed by atoms with Crippen LogP contribution >= 0.6 is 0 Å². The third-order valence-corrected chi connectivity index (χ3v) is 2.94. The van der Waals surface area contributed by atoms with Crippen LogP contribution in [0.5, 0.6) is 11.5 Å². The molecule has 0 bridgehead atoms. The molecule has 3 aromatic rings. The van der Waals surface area contributed by atoms with E-state index in [9.17, 15) is 4.79 Å². The van der Waals surface area contributed by atoms with Crippen molar-refractivity contribution < 1.29 is 9.53 Å². The van der Waals surface area contributed by atoms with Gasteiger partial charge in [0.15, 0.2) is 0 Å². The number of aldehydes is 1. The molecule has 2 aromatic heterocycles. The standard InChI is InChI=1S/C17H12N2O2/c20-12-13-3-1-4-14(7-13)15-8-17(11-19-9-15)21-16-5-2-6-18-10-16/h1-12H. The van der Waals surface area contributed by atoms with Gasteiger partial charge in [0.2, 0.25) is 0 Å². The minimum absolute atomic E-state index is 0.622. The number of nitrogens with zero attached hydrogens (tertiary/aromatic N) is 2. The number of benzene rings is 1. The minimum atomic E-state index is 0.622. The number of aromatic nitrogens is 2. The summed E-state index contributed by atoms with van der Waals surface area (Å²) in [6, 6.07) is 12.9. The minimum Gasteiger partial charge on any atom is -0.454 e. The van der Waals surface area contributed by atoms with Gasteiger partial charge >= 0.3 is 0 Å². The van der Waals surface area contributed by atoms with Crippen molar-refractivity contribution in [2.75, 3.05) is 0 Å². The van der Waals surface area contributed by atoms with E-state index in [1.807, 2.05) is 30.3 Å². The third-order valence-electron chi connectivity index (χ3n) is 2.94. The summed E-state index contributed by atoms with van der Waals surface area (Å²) in [4.78, 5) is 19.0. The SMILES string of the molecule is O=Cc1cccc(-c2cncc(Oc3cccnc3)c2)c1. The van der Waals surface area contributed by atoms with Crippen LogP contribution in [0.4, 0.5) is 0 Å². The van der Waals surface area contributed by atoms with Crippen LogP contribution in [0.1, 0.15) is 10.4 Å². The number of hydrogen-bond donors (Lipinski definition) is 0. The zero-order valence-corrected chi connectivity index (χ0v) is 11.1. The topological polar surface area (TPSA) is 52.1 Å². The highest BCUT2D eigenvalue weighted by atomic mass is 16.5. The first kappa shape index (κ1) is 13.0. The molecule has 21 heavy (non-hydrogen) atoms. The molecule has 0 saturated heterocycles. The lowest BCUT2D eigenvalue weighted by molar-refractivity contribution is 0.112. The molecule has 0 aliphatic heterocycles. The van der Waals surface area contributed by atoms with Crippen LogP contribution in [0.3, 0.4) is 0 Å². The lowest BCUT2D eigenvalue weighted by Gasteiger charge is -2.07. The Hall–Kier alpha value is -3.01. The molecule has 0 spiro atoms. The van der Waals surface area contributed by atoms with Gasteiger partial charge < -0.3 is 4.74 Å². The fraction of sp³-hybridized carbons (Fsp3) is 0. The smallest absolute Gasteiger partial charge is 0.150 e. The van der Waals surface area contributed by atoms with Crippen molar-refractivity contribution in [3.05, 3.63) is 72.8 Å². The predicted molar refractivity (Wildman–Crippen MR) is 79.4 cm³/mol. The Kier molecular flexibility index (Phi) is 3.69. The zero-order valence-electron chi connectivity index (χ0n) is 11.1. The van der Waals surface area contributed by atoms with E-state index in [0.29, 0.717) is 17.1 Å². The summed E-state index contributed by atoms with van der Waals surface area (Å²) in [5.41, 5.74) is 2.44. The molecular formula is C17H12N2O2. The van der Waals surface area contributed by atoms with Crippen molar-refractivity contribution in [3.8, 4) is 22.6 Å². The van der Waals surface area contributed by atoms with Gasteiger partial charge in [0.25, 0.3) is 0 Å². The quantitative estimate of drug-likeness (QED) is 0.681. The summed E-state index contributed by atoms with van der Waals surface area (Å²) in [7, 11) is 0. The van der Waals surface area contributed by atoms with Gasteiger partial charge in [-0.2, -0.15) is 0 Å².